The van der Waals surface area contributed by atoms with Gasteiger partial charge in [0.25, 0.3) is 20.0 Å². The van der Waals surface area contributed by atoms with Crippen LogP contribution in [0.2, 0.25) is 0 Å². The SMILES string of the molecule is CC(=O)NS(=O)(=O)c1ccc(N=Cc2ccc(C=Nc3ccc(S(=O)(=O)NC(C)=O)cc3)cc2)cc1. The van der Waals surface area contributed by atoms with Crippen molar-refractivity contribution >= 4 is 55.7 Å². The minimum Gasteiger partial charge on any atom is -0.274 e. The largest absolute Gasteiger partial charge is 0.274 e. The van der Waals surface area contributed by atoms with Gasteiger partial charge in [-0.1, -0.05) is 24.3 Å². The third kappa shape index (κ3) is 7.42. The van der Waals surface area contributed by atoms with Crippen LogP contribution >= 0.6 is 0 Å². The Balaban J connectivity index is 1.63. The number of hydrogen-bond acceptors (Lipinski definition) is 8. The van der Waals surface area contributed by atoms with Crippen molar-refractivity contribution in [1.82, 2.24) is 9.44 Å². The minimum absolute atomic E-state index is 0.0377. The van der Waals surface area contributed by atoms with Gasteiger partial charge in [0.1, 0.15) is 0 Å². The average Bonchev–Trinajstić information content (AvgIpc) is 2.81. The highest BCUT2D eigenvalue weighted by molar-refractivity contribution is 7.90. The molecule has 10 nitrogen and oxygen atoms in total. The van der Waals surface area contributed by atoms with Crippen molar-refractivity contribution in [2.75, 3.05) is 0 Å². The Kier molecular flexibility index (Phi) is 8.12. The summed E-state index contributed by atoms with van der Waals surface area (Å²) in [6, 6.07) is 18.8. The number of aliphatic imine (C=N–C) groups is 2. The van der Waals surface area contributed by atoms with Crippen LogP contribution in [0.1, 0.15) is 25.0 Å². The summed E-state index contributed by atoms with van der Waals surface area (Å²) in [6.45, 7) is 2.24. The van der Waals surface area contributed by atoms with Gasteiger partial charge in [-0.25, -0.2) is 26.3 Å². The molecule has 36 heavy (non-hydrogen) atoms. The first-order chi connectivity index (χ1) is 16.9. The Morgan fingerprint density at radius 1 is 0.583 bits per heavy atom. The molecule has 0 atom stereocenters. The van der Waals surface area contributed by atoms with Crippen molar-refractivity contribution < 1.29 is 26.4 Å². The molecule has 0 unspecified atom stereocenters. The zero-order chi connectivity index (χ0) is 26.3. The molecule has 0 aromatic heterocycles. The maximum absolute atomic E-state index is 12.0. The van der Waals surface area contributed by atoms with Crippen LogP contribution in [0.5, 0.6) is 0 Å². The lowest BCUT2D eigenvalue weighted by atomic mass is 10.1. The Morgan fingerprint density at radius 3 is 1.17 bits per heavy atom. The fraction of sp³-hybridized carbons (Fsp3) is 0.0833. The van der Waals surface area contributed by atoms with Gasteiger partial charge in [0.15, 0.2) is 0 Å². The van der Waals surface area contributed by atoms with E-state index in [-0.39, 0.29) is 9.79 Å². The summed E-state index contributed by atoms with van der Waals surface area (Å²) in [5.74, 6) is -1.34. The summed E-state index contributed by atoms with van der Waals surface area (Å²) >= 11 is 0. The van der Waals surface area contributed by atoms with E-state index in [1.54, 1.807) is 12.4 Å². The normalized spacial score (nSPS) is 12.1. The molecule has 0 aliphatic rings. The monoisotopic (exact) mass is 526 g/mol. The van der Waals surface area contributed by atoms with E-state index in [0.717, 1.165) is 25.0 Å². The second kappa shape index (κ2) is 11.1. The van der Waals surface area contributed by atoms with Gasteiger partial charge in [-0.05, 0) is 59.7 Å². The van der Waals surface area contributed by atoms with E-state index >= 15 is 0 Å². The summed E-state index contributed by atoms with van der Waals surface area (Å²) < 4.78 is 51.7. The van der Waals surface area contributed by atoms with Crippen LogP contribution in [-0.4, -0.2) is 41.1 Å². The third-order valence-corrected chi connectivity index (χ3v) is 7.41. The van der Waals surface area contributed by atoms with Crippen molar-refractivity contribution in [2.45, 2.75) is 23.6 Å². The fourth-order valence-corrected chi connectivity index (χ4v) is 4.87. The van der Waals surface area contributed by atoms with Gasteiger partial charge in [0, 0.05) is 26.3 Å². The van der Waals surface area contributed by atoms with Gasteiger partial charge in [0.2, 0.25) is 11.8 Å². The summed E-state index contributed by atoms with van der Waals surface area (Å²) in [5.41, 5.74) is 2.67. The molecule has 0 aliphatic carbocycles. The minimum atomic E-state index is -3.89. The first-order valence-electron chi connectivity index (χ1n) is 10.4. The number of rotatable bonds is 8. The molecule has 0 radical (unpaired) electrons. The molecule has 0 saturated carbocycles. The maximum Gasteiger partial charge on any atom is 0.264 e. The number of nitrogens with one attached hydrogen (secondary N) is 2. The van der Waals surface area contributed by atoms with Crippen molar-refractivity contribution in [1.29, 1.82) is 0 Å². The molecule has 2 N–H and O–H groups in total. The first-order valence-corrected chi connectivity index (χ1v) is 13.4. The molecule has 0 bridgehead atoms. The van der Waals surface area contributed by atoms with Crippen LogP contribution in [0, 0.1) is 0 Å². The molecule has 3 aromatic rings. The van der Waals surface area contributed by atoms with Gasteiger partial charge in [0.05, 0.1) is 21.2 Å². The molecule has 186 valence electrons. The lowest BCUT2D eigenvalue weighted by Crippen LogP contribution is -2.28. The smallest absolute Gasteiger partial charge is 0.264 e. The van der Waals surface area contributed by atoms with Crippen LogP contribution in [0.4, 0.5) is 11.4 Å². The molecular weight excluding hydrogens is 504 g/mol. The standard InChI is InChI=1S/C24H22N4O6S2/c1-17(29)27-35(31,32)23-11-7-21(8-12-23)25-15-19-3-5-20(6-4-19)16-26-22-9-13-24(14-10-22)36(33,34)28-18(2)30/h3-16H,1-2H3,(H,27,29)(H,28,30). The van der Waals surface area contributed by atoms with Gasteiger partial charge >= 0.3 is 0 Å². The quantitative estimate of drug-likeness (QED) is 0.431. The molecule has 12 heteroatoms. The van der Waals surface area contributed by atoms with E-state index in [4.69, 9.17) is 0 Å². The fourth-order valence-electron chi connectivity index (χ4n) is 2.89. The summed E-state index contributed by atoms with van der Waals surface area (Å²) in [7, 11) is -7.79. The van der Waals surface area contributed by atoms with Crippen LogP contribution in [0.15, 0.2) is 92.6 Å². The number of hydrogen-bond donors (Lipinski definition) is 2. The molecule has 0 fully saturated rings. The van der Waals surface area contributed by atoms with Gasteiger partial charge < -0.3 is 0 Å². The number of nitrogens with zero attached hydrogens (tertiary/aromatic N) is 2. The van der Waals surface area contributed by atoms with E-state index in [9.17, 15) is 26.4 Å². The van der Waals surface area contributed by atoms with Gasteiger partial charge in [-0.15, -0.1) is 0 Å². The maximum atomic E-state index is 12.0. The first kappa shape index (κ1) is 26.4. The molecular formula is C24H22N4O6S2. The lowest BCUT2D eigenvalue weighted by molar-refractivity contribution is -0.118. The number of amides is 2. The van der Waals surface area contributed by atoms with E-state index in [1.165, 1.54) is 48.5 Å². The predicted molar refractivity (Wildman–Crippen MR) is 136 cm³/mol. The topological polar surface area (TPSA) is 151 Å². The number of carbonyl (C=O) groups excluding carboxylic acids is 2. The molecule has 3 aromatic carbocycles. The Labute approximate surface area is 208 Å². The predicted octanol–water partition coefficient (Wildman–Crippen LogP) is 2.84. The number of benzene rings is 3. The molecule has 0 spiro atoms. The highest BCUT2D eigenvalue weighted by Crippen LogP contribution is 2.18. The van der Waals surface area contributed by atoms with Crippen LogP contribution in [-0.2, 0) is 29.6 Å². The highest BCUT2D eigenvalue weighted by Gasteiger charge is 2.15. The van der Waals surface area contributed by atoms with Crippen LogP contribution in [0.3, 0.4) is 0 Å². The second-order valence-electron chi connectivity index (χ2n) is 7.49. The van der Waals surface area contributed by atoms with Crippen molar-refractivity contribution in [2.24, 2.45) is 9.98 Å². The molecule has 0 aliphatic heterocycles. The number of sulfonamides is 2. The lowest BCUT2D eigenvalue weighted by Gasteiger charge is -2.04. The van der Waals surface area contributed by atoms with E-state index < -0.39 is 31.9 Å². The molecule has 2 amide bonds. The van der Waals surface area contributed by atoms with E-state index in [1.807, 2.05) is 33.7 Å². The van der Waals surface area contributed by atoms with Crippen LogP contribution in [0.25, 0.3) is 0 Å². The molecule has 0 heterocycles. The number of carbonyl (C=O) groups is 2. The van der Waals surface area contributed by atoms with Crippen molar-refractivity contribution in [3.63, 3.8) is 0 Å². The Morgan fingerprint density at radius 2 is 0.889 bits per heavy atom. The second-order valence-corrected chi connectivity index (χ2v) is 10.9. The summed E-state index contributed by atoms with van der Waals surface area (Å²) in [4.78, 5) is 30.6. The Bertz CT molecular complexity index is 1410. The highest BCUT2D eigenvalue weighted by atomic mass is 32.2. The van der Waals surface area contributed by atoms with Crippen LogP contribution < -0.4 is 9.44 Å². The Hall–Kier alpha value is -4.16. The third-order valence-electron chi connectivity index (χ3n) is 4.51. The molecule has 0 saturated heterocycles. The van der Waals surface area contributed by atoms with Crippen molar-refractivity contribution in [3.05, 3.63) is 83.9 Å². The van der Waals surface area contributed by atoms with Crippen molar-refractivity contribution in [3.8, 4) is 0 Å². The van der Waals surface area contributed by atoms with E-state index in [0.29, 0.717) is 11.4 Å². The van der Waals surface area contributed by atoms with Gasteiger partial charge in [-0.2, -0.15) is 0 Å². The van der Waals surface area contributed by atoms with Gasteiger partial charge in [-0.3, -0.25) is 19.6 Å². The molecule has 3 rings (SSSR count). The zero-order valence-electron chi connectivity index (χ0n) is 19.2. The average molecular weight is 527 g/mol. The summed E-state index contributed by atoms with van der Waals surface area (Å²) in [5, 5.41) is 0. The van der Waals surface area contributed by atoms with E-state index in [2.05, 4.69) is 9.98 Å². The summed E-state index contributed by atoms with van der Waals surface area (Å²) in [6.07, 6.45) is 3.24. The zero-order valence-corrected chi connectivity index (χ0v) is 20.9.